The highest BCUT2D eigenvalue weighted by Crippen LogP contribution is 2.38. The number of nitrogens with one attached hydrogen (secondary N) is 1. The lowest BCUT2D eigenvalue weighted by atomic mass is 9.86. The molecule has 1 aliphatic carbocycles. The Bertz CT molecular complexity index is 1010. The van der Waals surface area contributed by atoms with E-state index in [1.807, 2.05) is 30.3 Å². The molecule has 0 spiro atoms. The summed E-state index contributed by atoms with van der Waals surface area (Å²) in [6.07, 6.45) is 6.41. The van der Waals surface area contributed by atoms with Crippen molar-refractivity contribution in [3.63, 3.8) is 0 Å². The van der Waals surface area contributed by atoms with Crippen molar-refractivity contribution < 1.29 is 14.6 Å². The number of rotatable bonds is 5. The average Bonchev–Trinajstić information content (AvgIpc) is 2.88. The third-order valence-corrected chi connectivity index (χ3v) is 7.38. The Morgan fingerprint density at radius 3 is 2.58 bits per heavy atom. The van der Waals surface area contributed by atoms with Crippen LogP contribution in [0.15, 0.2) is 36.4 Å². The Hall–Kier alpha value is -2.75. The van der Waals surface area contributed by atoms with Gasteiger partial charge in [-0.05, 0) is 55.4 Å². The van der Waals surface area contributed by atoms with Gasteiger partial charge in [-0.25, -0.2) is 0 Å². The predicted octanol–water partition coefficient (Wildman–Crippen LogP) is 4.11. The maximum absolute atomic E-state index is 10.2. The Kier molecular flexibility index (Phi) is 6.70. The van der Waals surface area contributed by atoms with Crippen molar-refractivity contribution in [1.82, 2.24) is 5.32 Å². The molecule has 0 unspecified atom stereocenters. The SMILES string of the molecule is N#Cc1c(-c2ccc3c(c2)OCCO3)cccc1N1CCC(NC[C@H]2CCCC[C@H]2O)CC1. The molecule has 2 aromatic carbocycles. The molecule has 6 heteroatoms. The molecule has 1 saturated heterocycles. The van der Waals surface area contributed by atoms with E-state index in [0.29, 0.717) is 30.7 Å². The molecule has 2 fully saturated rings. The van der Waals surface area contributed by atoms with Gasteiger partial charge in [-0.15, -0.1) is 0 Å². The van der Waals surface area contributed by atoms with E-state index in [4.69, 9.17) is 9.47 Å². The summed E-state index contributed by atoms with van der Waals surface area (Å²) >= 11 is 0. The summed E-state index contributed by atoms with van der Waals surface area (Å²) in [6, 6.07) is 15.0. The van der Waals surface area contributed by atoms with Crippen LogP contribution in [0.1, 0.15) is 44.1 Å². The third-order valence-electron chi connectivity index (χ3n) is 7.38. The molecule has 0 bridgehead atoms. The van der Waals surface area contributed by atoms with Gasteiger partial charge in [0.15, 0.2) is 11.5 Å². The lowest BCUT2D eigenvalue weighted by Crippen LogP contribution is -2.45. The number of nitriles is 1. The van der Waals surface area contributed by atoms with E-state index in [-0.39, 0.29) is 6.10 Å². The van der Waals surface area contributed by atoms with Crippen LogP contribution >= 0.6 is 0 Å². The summed E-state index contributed by atoms with van der Waals surface area (Å²) < 4.78 is 11.4. The number of aliphatic hydroxyl groups is 1. The van der Waals surface area contributed by atoms with Gasteiger partial charge >= 0.3 is 0 Å². The molecule has 0 amide bonds. The normalized spacial score (nSPS) is 23.2. The molecule has 1 saturated carbocycles. The summed E-state index contributed by atoms with van der Waals surface area (Å²) in [5, 5.41) is 24.0. The summed E-state index contributed by atoms with van der Waals surface area (Å²) in [5.41, 5.74) is 3.62. The molecule has 2 atom stereocenters. The molecule has 3 aliphatic rings. The minimum atomic E-state index is -0.146. The Morgan fingerprint density at radius 2 is 1.79 bits per heavy atom. The topological polar surface area (TPSA) is 77.8 Å². The fourth-order valence-corrected chi connectivity index (χ4v) is 5.44. The van der Waals surface area contributed by atoms with Crippen LogP contribution in [0.2, 0.25) is 0 Å². The van der Waals surface area contributed by atoms with Crippen molar-refractivity contribution in [3.8, 4) is 28.7 Å². The first-order valence-electron chi connectivity index (χ1n) is 12.3. The second-order valence-electron chi connectivity index (χ2n) is 9.45. The number of piperidine rings is 1. The quantitative estimate of drug-likeness (QED) is 0.718. The van der Waals surface area contributed by atoms with E-state index in [2.05, 4.69) is 22.4 Å². The fraction of sp³-hybridized carbons (Fsp3) is 0.519. The van der Waals surface area contributed by atoms with E-state index < -0.39 is 0 Å². The molecule has 2 N–H and O–H groups in total. The van der Waals surface area contributed by atoms with Gasteiger partial charge in [0.1, 0.15) is 19.3 Å². The van der Waals surface area contributed by atoms with Crippen molar-refractivity contribution in [1.29, 1.82) is 5.26 Å². The van der Waals surface area contributed by atoms with E-state index in [1.165, 1.54) is 6.42 Å². The Morgan fingerprint density at radius 1 is 1.00 bits per heavy atom. The van der Waals surface area contributed by atoms with Gasteiger partial charge in [-0.3, -0.25) is 0 Å². The van der Waals surface area contributed by atoms with Gasteiger partial charge in [-0.2, -0.15) is 5.26 Å². The third kappa shape index (κ3) is 4.80. The second-order valence-corrected chi connectivity index (χ2v) is 9.45. The Balaban J connectivity index is 1.26. The molecule has 0 aromatic heterocycles. The summed E-state index contributed by atoms with van der Waals surface area (Å²) in [4.78, 5) is 2.34. The van der Waals surface area contributed by atoms with Crippen LogP contribution in [0.3, 0.4) is 0 Å². The number of benzene rings is 2. The van der Waals surface area contributed by atoms with E-state index in [0.717, 1.165) is 80.1 Å². The van der Waals surface area contributed by atoms with Crippen LogP contribution < -0.4 is 19.7 Å². The molecule has 6 nitrogen and oxygen atoms in total. The van der Waals surface area contributed by atoms with Crippen LogP contribution in [0.25, 0.3) is 11.1 Å². The fourth-order valence-electron chi connectivity index (χ4n) is 5.44. The van der Waals surface area contributed by atoms with Crippen molar-refractivity contribution in [2.45, 2.75) is 50.7 Å². The van der Waals surface area contributed by atoms with Crippen LogP contribution in [0, 0.1) is 17.2 Å². The number of hydrogen-bond acceptors (Lipinski definition) is 6. The van der Waals surface area contributed by atoms with Crippen molar-refractivity contribution in [2.24, 2.45) is 5.92 Å². The number of aliphatic hydroxyl groups excluding tert-OH is 1. The van der Waals surface area contributed by atoms with Crippen molar-refractivity contribution >= 4 is 5.69 Å². The van der Waals surface area contributed by atoms with E-state index in [1.54, 1.807) is 0 Å². The van der Waals surface area contributed by atoms with Crippen molar-refractivity contribution in [2.75, 3.05) is 37.7 Å². The predicted molar refractivity (Wildman–Crippen MR) is 129 cm³/mol. The highest BCUT2D eigenvalue weighted by molar-refractivity contribution is 5.79. The maximum Gasteiger partial charge on any atom is 0.161 e. The zero-order valence-corrected chi connectivity index (χ0v) is 19.1. The smallest absolute Gasteiger partial charge is 0.161 e. The number of fused-ring (bicyclic) bond motifs is 1. The van der Waals surface area contributed by atoms with Gasteiger partial charge < -0.3 is 24.8 Å². The lowest BCUT2D eigenvalue weighted by Gasteiger charge is -2.36. The highest BCUT2D eigenvalue weighted by atomic mass is 16.6. The van der Waals surface area contributed by atoms with E-state index >= 15 is 0 Å². The first-order valence-corrected chi connectivity index (χ1v) is 12.3. The average molecular weight is 448 g/mol. The zero-order chi connectivity index (χ0) is 22.6. The minimum absolute atomic E-state index is 0.146. The van der Waals surface area contributed by atoms with E-state index in [9.17, 15) is 10.4 Å². The Labute approximate surface area is 196 Å². The number of hydrogen-bond donors (Lipinski definition) is 2. The first-order chi connectivity index (χ1) is 16.2. The number of ether oxygens (including phenoxy) is 2. The molecule has 5 rings (SSSR count). The van der Waals surface area contributed by atoms with Gasteiger partial charge in [0.2, 0.25) is 0 Å². The zero-order valence-electron chi connectivity index (χ0n) is 19.1. The molecule has 33 heavy (non-hydrogen) atoms. The monoisotopic (exact) mass is 447 g/mol. The molecule has 2 heterocycles. The van der Waals surface area contributed by atoms with Crippen molar-refractivity contribution in [3.05, 3.63) is 42.0 Å². The van der Waals surface area contributed by atoms with Crippen LogP contribution in [-0.2, 0) is 0 Å². The molecule has 0 radical (unpaired) electrons. The highest BCUT2D eigenvalue weighted by Gasteiger charge is 2.26. The molecule has 174 valence electrons. The molecule has 2 aliphatic heterocycles. The minimum Gasteiger partial charge on any atom is -0.486 e. The molecular weight excluding hydrogens is 414 g/mol. The standard InChI is InChI=1S/C27H33N3O3/c28-17-23-22(19-8-9-26-27(16-19)33-15-14-32-26)5-3-6-24(23)30-12-10-21(11-13-30)29-18-20-4-1-2-7-25(20)31/h3,5-6,8-9,16,20-21,25,29,31H,1-2,4,7,10-15,18H2/t20-,25-/m1/s1. The summed E-state index contributed by atoms with van der Waals surface area (Å²) in [7, 11) is 0. The van der Waals surface area contributed by atoms with Crippen LogP contribution in [-0.4, -0.2) is 50.1 Å². The molecule has 2 aromatic rings. The lowest BCUT2D eigenvalue weighted by molar-refractivity contribution is 0.0676. The summed E-state index contributed by atoms with van der Waals surface area (Å²) in [5.74, 6) is 1.89. The van der Waals surface area contributed by atoms with Gasteiger partial charge in [0.05, 0.1) is 17.4 Å². The van der Waals surface area contributed by atoms with Gasteiger partial charge in [0, 0.05) is 31.2 Å². The van der Waals surface area contributed by atoms with Crippen LogP contribution in [0.4, 0.5) is 5.69 Å². The maximum atomic E-state index is 10.2. The van der Waals surface area contributed by atoms with Gasteiger partial charge in [0.25, 0.3) is 0 Å². The number of nitrogens with zero attached hydrogens (tertiary/aromatic N) is 2. The second kappa shape index (κ2) is 10.0. The van der Waals surface area contributed by atoms with Gasteiger partial charge in [-0.1, -0.05) is 31.0 Å². The first kappa shape index (κ1) is 22.1. The van der Waals surface area contributed by atoms with Crippen LogP contribution in [0.5, 0.6) is 11.5 Å². The molecular formula is C27H33N3O3. The largest absolute Gasteiger partial charge is 0.486 e. The summed E-state index contributed by atoms with van der Waals surface area (Å²) in [6.45, 7) is 3.87. The number of anilines is 1.